The van der Waals surface area contributed by atoms with Gasteiger partial charge in [-0.15, -0.1) is 9.05 Å². The molecular weight excluding hydrogens is 656 g/mol. The smallest absolute Gasteiger partial charge is 0.382 e. The van der Waals surface area contributed by atoms with Crippen LogP contribution in [0.1, 0.15) is 12.5 Å². The van der Waals surface area contributed by atoms with E-state index >= 15 is 8.78 Å². The Hall–Kier alpha value is -3.17. The van der Waals surface area contributed by atoms with Gasteiger partial charge in [0.15, 0.2) is 53.5 Å². The van der Waals surface area contributed by atoms with Crippen LogP contribution >= 0.6 is 15.0 Å². The van der Waals surface area contributed by atoms with E-state index in [4.69, 9.17) is 50.8 Å². The Morgan fingerprint density at radius 1 is 1.00 bits per heavy atom. The molecule has 3 unspecified atom stereocenters. The van der Waals surface area contributed by atoms with Crippen LogP contribution in [0.3, 0.4) is 0 Å². The van der Waals surface area contributed by atoms with Crippen LogP contribution in [0, 0.1) is 0 Å². The third kappa shape index (κ3) is 5.06. The molecule has 4 aromatic heterocycles. The Balaban J connectivity index is 1.15. The Bertz CT molecular complexity index is 1880. The van der Waals surface area contributed by atoms with E-state index in [1.807, 2.05) is 0 Å². The molecule has 19 nitrogen and oxygen atoms in total. The van der Waals surface area contributed by atoms with Crippen molar-refractivity contribution in [3.63, 3.8) is 0 Å². The summed E-state index contributed by atoms with van der Waals surface area (Å²) in [5.74, 6) is -0.198. The molecule has 0 aliphatic carbocycles. The van der Waals surface area contributed by atoms with Gasteiger partial charge in [-0.3, -0.25) is 23.4 Å². The van der Waals surface area contributed by atoms with Gasteiger partial charge in [-0.2, -0.15) is 4.98 Å². The second-order valence-electron chi connectivity index (χ2n) is 9.80. The molecule has 0 aromatic carbocycles. The molecule has 0 saturated carbocycles. The number of halogens is 2. The number of nitrogens with one attached hydrogen (secondary N) is 1. The normalized spacial score (nSPS) is 35.8. The number of imidazole rings is 2. The first-order valence-electron chi connectivity index (χ1n) is 12.7. The number of anilines is 2. The standard InChI is InChI=1S/C20H20F2N10O9P2S/c21-8-12-7(39-18(8)32-5-28-11-16(32)29-20(24)30-17(11)33)2-37-43(35,44)41-13-6(1-36-42(34)40-12)38-19(9(13)22)31-4-27-10-14(23)25-3-26-15(10)31/h3-9,12-13,18-19H,1-2H2,(H5-,23,24,25,26,29,30,33,35,44)/p+1/t6?,7-,8-,9-,12-,13-,18-,19-,43?/m1/s1. The summed E-state index contributed by atoms with van der Waals surface area (Å²) in [6.07, 6.45) is -9.30. The van der Waals surface area contributed by atoms with Crippen LogP contribution in [0.4, 0.5) is 20.5 Å². The number of rotatable bonds is 2. The average Bonchev–Trinajstić information content (AvgIpc) is 3.72. The maximum atomic E-state index is 15.9. The molecule has 3 saturated heterocycles. The minimum Gasteiger partial charge on any atom is -0.382 e. The summed E-state index contributed by atoms with van der Waals surface area (Å²) in [5, 5.41) is 0. The predicted octanol–water partition coefficient (Wildman–Crippen LogP) is 0.286. The van der Waals surface area contributed by atoms with Crippen molar-refractivity contribution >= 4 is 60.9 Å². The molecule has 0 spiro atoms. The first-order chi connectivity index (χ1) is 21.0. The van der Waals surface area contributed by atoms with Crippen LogP contribution in [0.2, 0.25) is 0 Å². The van der Waals surface area contributed by atoms with Gasteiger partial charge in [0.2, 0.25) is 5.95 Å². The zero-order valence-corrected chi connectivity index (χ0v) is 24.4. The molecule has 24 heteroatoms. The van der Waals surface area contributed by atoms with Gasteiger partial charge in [0.05, 0.1) is 19.3 Å². The van der Waals surface area contributed by atoms with E-state index in [9.17, 15) is 14.3 Å². The summed E-state index contributed by atoms with van der Waals surface area (Å²) in [5.41, 5.74) is 10.9. The number of ether oxygens (including phenoxy) is 2. The first kappa shape index (κ1) is 29.5. The lowest BCUT2D eigenvalue weighted by Gasteiger charge is -2.25. The molecule has 3 fully saturated rings. The monoisotopic (exact) mass is 677 g/mol. The summed E-state index contributed by atoms with van der Waals surface area (Å²) < 4.78 is 80.1. The van der Waals surface area contributed by atoms with Gasteiger partial charge in [-0.1, -0.05) is 0 Å². The lowest BCUT2D eigenvalue weighted by atomic mass is 10.1. The number of aromatic amines is 1. The SMILES string of the molecule is Nc1nc2c(ncn2[C@@H]2O[C@@H]3COP(O)(=S)O[C@@H]4C(CO[P+](=O)O[C@H]3[C@H]2F)O[C@@H](n2cnc3c(N)ncnc32)[C@@H]4F)c(=O)[nH]1. The molecule has 0 radical (unpaired) electrons. The number of hydrogen-bond acceptors (Lipinski definition) is 16. The number of fused-ring (bicyclic) bond motifs is 4. The summed E-state index contributed by atoms with van der Waals surface area (Å²) >= 11 is 5.13. The highest BCUT2D eigenvalue weighted by Gasteiger charge is 2.55. The highest BCUT2D eigenvalue weighted by atomic mass is 32.5. The van der Waals surface area contributed by atoms with E-state index in [0.717, 1.165) is 17.2 Å². The van der Waals surface area contributed by atoms with E-state index in [1.165, 1.54) is 10.9 Å². The number of alkyl halides is 2. The van der Waals surface area contributed by atoms with Crippen molar-refractivity contribution in [3.05, 3.63) is 29.3 Å². The van der Waals surface area contributed by atoms with Crippen molar-refractivity contribution in [2.45, 2.75) is 49.2 Å². The van der Waals surface area contributed by atoms with Gasteiger partial charge in [0, 0.05) is 4.57 Å². The average molecular weight is 677 g/mol. The minimum absolute atomic E-state index is 0.0538. The fourth-order valence-electron chi connectivity index (χ4n) is 5.16. The molecule has 7 rings (SSSR count). The fourth-order valence-corrected chi connectivity index (χ4v) is 7.37. The third-order valence-electron chi connectivity index (χ3n) is 7.13. The van der Waals surface area contributed by atoms with Crippen LogP contribution < -0.4 is 17.0 Å². The van der Waals surface area contributed by atoms with Crippen molar-refractivity contribution < 1.29 is 45.8 Å². The minimum atomic E-state index is -4.26. The molecule has 6 N–H and O–H groups in total. The maximum absolute atomic E-state index is 15.9. The van der Waals surface area contributed by atoms with E-state index in [2.05, 4.69) is 29.9 Å². The largest absolute Gasteiger partial charge is 0.697 e. The van der Waals surface area contributed by atoms with E-state index < -0.39 is 83.0 Å². The number of nitrogens with zero attached hydrogens (tertiary/aromatic N) is 7. The number of nitrogen functional groups attached to an aromatic ring is 2. The summed E-state index contributed by atoms with van der Waals surface area (Å²) in [4.78, 5) is 45.3. The van der Waals surface area contributed by atoms with Crippen molar-refractivity contribution in [1.82, 2.24) is 39.0 Å². The Labute approximate surface area is 249 Å². The summed E-state index contributed by atoms with van der Waals surface area (Å²) in [6.45, 7) is -5.49. The van der Waals surface area contributed by atoms with Crippen LogP contribution in [0.5, 0.6) is 0 Å². The van der Waals surface area contributed by atoms with E-state index in [1.54, 1.807) is 0 Å². The molecule has 234 valence electrons. The number of aromatic nitrogens is 8. The summed E-state index contributed by atoms with van der Waals surface area (Å²) in [7, 11) is -3.05. The molecule has 4 aromatic rings. The van der Waals surface area contributed by atoms with Gasteiger partial charge < -0.3 is 30.4 Å². The number of H-pyrrole nitrogens is 1. The quantitative estimate of drug-likeness (QED) is 0.208. The number of nitrogens with two attached hydrogens (primary N) is 2. The lowest BCUT2D eigenvalue weighted by Crippen LogP contribution is -2.36. The highest BCUT2D eigenvalue weighted by molar-refractivity contribution is 8.07. The molecule has 0 bridgehead atoms. The highest BCUT2D eigenvalue weighted by Crippen LogP contribution is 2.52. The van der Waals surface area contributed by atoms with Crippen LogP contribution in [0.15, 0.2) is 23.8 Å². The zero-order chi connectivity index (χ0) is 30.9. The molecule has 44 heavy (non-hydrogen) atoms. The third-order valence-corrected chi connectivity index (χ3v) is 9.46. The van der Waals surface area contributed by atoms with Gasteiger partial charge in [0.25, 0.3) is 5.56 Å². The van der Waals surface area contributed by atoms with Crippen molar-refractivity contribution in [2.75, 3.05) is 24.7 Å². The molecule has 0 amide bonds. The van der Waals surface area contributed by atoms with Crippen LogP contribution in [-0.2, 0) is 43.9 Å². The molecule has 3 aliphatic rings. The van der Waals surface area contributed by atoms with Gasteiger partial charge in [-0.05, 0) is 11.8 Å². The first-order valence-corrected chi connectivity index (χ1v) is 16.4. The molecular formula is C20H21F2N10O9P2S+. The van der Waals surface area contributed by atoms with Crippen LogP contribution in [0.25, 0.3) is 22.3 Å². The maximum Gasteiger partial charge on any atom is 0.697 e. The second-order valence-corrected chi connectivity index (χ2v) is 13.5. The number of hydrogen-bond donors (Lipinski definition) is 4. The Kier molecular flexibility index (Phi) is 7.40. The van der Waals surface area contributed by atoms with Crippen molar-refractivity contribution in [1.29, 1.82) is 0 Å². The second kappa shape index (κ2) is 11.0. The molecule has 10 atom stereocenters. The lowest BCUT2D eigenvalue weighted by molar-refractivity contribution is -0.0558. The zero-order valence-electron chi connectivity index (χ0n) is 21.8. The van der Waals surface area contributed by atoms with Crippen molar-refractivity contribution in [3.8, 4) is 0 Å². The van der Waals surface area contributed by atoms with E-state index in [0.29, 0.717) is 0 Å². The van der Waals surface area contributed by atoms with Crippen molar-refractivity contribution in [2.24, 2.45) is 0 Å². The molecule has 7 heterocycles. The van der Waals surface area contributed by atoms with E-state index in [-0.39, 0.29) is 34.1 Å². The Morgan fingerprint density at radius 2 is 1.66 bits per heavy atom. The van der Waals surface area contributed by atoms with Gasteiger partial charge >= 0.3 is 15.0 Å². The fraction of sp³-hybridized carbons (Fsp3) is 0.500. The summed E-state index contributed by atoms with van der Waals surface area (Å²) in [6, 6.07) is 0. The van der Waals surface area contributed by atoms with Gasteiger partial charge in [0.1, 0.15) is 36.8 Å². The Morgan fingerprint density at radius 3 is 2.41 bits per heavy atom. The predicted molar refractivity (Wildman–Crippen MR) is 146 cm³/mol. The molecule has 3 aliphatic heterocycles. The van der Waals surface area contributed by atoms with Crippen LogP contribution in [-0.4, -0.2) is 93.9 Å². The topological polar surface area (TPSA) is 252 Å². The van der Waals surface area contributed by atoms with Gasteiger partial charge in [-0.25, -0.2) is 28.7 Å².